The zero-order chi connectivity index (χ0) is 21.1. The van der Waals surface area contributed by atoms with Crippen LogP contribution < -0.4 is 5.32 Å². The van der Waals surface area contributed by atoms with Gasteiger partial charge in [-0.3, -0.25) is 9.78 Å². The molecule has 0 spiro atoms. The van der Waals surface area contributed by atoms with Crippen LogP contribution in [0.1, 0.15) is 29.9 Å². The summed E-state index contributed by atoms with van der Waals surface area (Å²) in [6, 6.07) is 17.8. The van der Waals surface area contributed by atoms with Gasteiger partial charge in [-0.15, -0.1) is 0 Å². The number of aromatic nitrogens is 2. The average molecular weight is 485 g/mol. The first-order valence-electron chi connectivity index (χ1n) is 9.56. The molecule has 1 aromatic carbocycles. The van der Waals surface area contributed by atoms with Crippen LogP contribution >= 0.6 is 28.1 Å². The molecule has 3 heterocycles. The topological polar surface area (TPSA) is 59.4 Å². The third-order valence-electron chi connectivity index (χ3n) is 5.17. The molecule has 0 amide bonds. The van der Waals surface area contributed by atoms with Crippen molar-refractivity contribution in [3.8, 4) is 5.69 Å². The molecule has 0 aliphatic carbocycles. The van der Waals surface area contributed by atoms with Gasteiger partial charge in [-0.05, 0) is 60.7 Å². The number of rotatable bonds is 6. The van der Waals surface area contributed by atoms with Gasteiger partial charge < -0.3 is 19.5 Å². The highest BCUT2D eigenvalue weighted by Crippen LogP contribution is 2.39. The summed E-state index contributed by atoms with van der Waals surface area (Å²) in [5.74, 6) is -0.263. The largest absolute Gasteiger partial charge is 0.469 e. The molecule has 6 nitrogen and oxygen atoms in total. The number of hydrogen-bond acceptors (Lipinski definition) is 4. The van der Waals surface area contributed by atoms with Crippen LogP contribution in [0.2, 0.25) is 0 Å². The normalized spacial score (nSPS) is 18.3. The number of thiocarbonyl (C=S) groups is 1. The molecule has 154 valence electrons. The Bertz CT molecular complexity index is 1040. The summed E-state index contributed by atoms with van der Waals surface area (Å²) in [5.41, 5.74) is 3.00. The maximum atomic E-state index is 11.8. The second-order valence-corrected chi connectivity index (χ2v) is 8.23. The SMILES string of the molecule is COC(=O)CCN1C(=S)N[C@@H](c2ccccn2)[C@@H]1c1cccn1-c1ccc(Br)cc1. The quantitative estimate of drug-likeness (QED) is 0.418. The van der Waals surface area contributed by atoms with E-state index in [9.17, 15) is 4.79 Å². The van der Waals surface area contributed by atoms with E-state index in [1.54, 1.807) is 6.20 Å². The van der Waals surface area contributed by atoms with Crippen molar-refractivity contribution in [3.63, 3.8) is 0 Å². The predicted molar refractivity (Wildman–Crippen MR) is 122 cm³/mol. The first-order valence-corrected chi connectivity index (χ1v) is 10.8. The van der Waals surface area contributed by atoms with Gasteiger partial charge in [0.05, 0.1) is 31.3 Å². The Morgan fingerprint density at radius 3 is 2.70 bits per heavy atom. The van der Waals surface area contributed by atoms with E-state index in [1.807, 2.05) is 42.6 Å². The molecule has 1 N–H and O–H groups in total. The van der Waals surface area contributed by atoms with E-state index in [1.165, 1.54) is 7.11 Å². The van der Waals surface area contributed by atoms with Crippen molar-refractivity contribution in [2.75, 3.05) is 13.7 Å². The second-order valence-electron chi connectivity index (χ2n) is 6.93. The first-order chi connectivity index (χ1) is 14.6. The molecular formula is C22H21BrN4O2S. The molecular weight excluding hydrogens is 464 g/mol. The summed E-state index contributed by atoms with van der Waals surface area (Å²) in [5, 5.41) is 4.01. The Kier molecular flexibility index (Phi) is 6.15. The molecule has 1 fully saturated rings. The van der Waals surface area contributed by atoms with E-state index in [0.717, 1.165) is 21.5 Å². The third kappa shape index (κ3) is 4.11. The summed E-state index contributed by atoms with van der Waals surface area (Å²) in [7, 11) is 1.40. The summed E-state index contributed by atoms with van der Waals surface area (Å²) < 4.78 is 8.01. The van der Waals surface area contributed by atoms with E-state index < -0.39 is 0 Å². The maximum Gasteiger partial charge on any atom is 0.307 e. The molecule has 0 bridgehead atoms. The standard InChI is InChI=1S/C22H21BrN4O2S/c1-29-19(28)11-14-27-21(20(25-22(27)30)17-5-2-3-12-24-17)18-6-4-13-26(18)16-9-7-15(23)8-10-16/h2-10,12-13,20-21H,11,14H2,1H3,(H,25,30)/t20-,21-/m0/s1. The number of benzene rings is 1. The van der Waals surface area contributed by atoms with Crippen LogP contribution in [-0.2, 0) is 9.53 Å². The van der Waals surface area contributed by atoms with E-state index in [0.29, 0.717) is 11.7 Å². The summed E-state index contributed by atoms with van der Waals surface area (Å²) >= 11 is 9.15. The highest BCUT2D eigenvalue weighted by atomic mass is 79.9. The van der Waals surface area contributed by atoms with Crippen molar-refractivity contribution in [1.29, 1.82) is 0 Å². The number of esters is 1. The molecule has 4 rings (SSSR count). The molecule has 0 saturated carbocycles. The lowest BCUT2D eigenvalue weighted by Gasteiger charge is -2.28. The van der Waals surface area contributed by atoms with Crippen LogP contribution in [0.4, 0.5) is 0 Å². The number of carbonyl (C=O) groups is 1. The minimum absolute atomic E-state index is 0.129. The van der Waals surface area contributed by atoms with E-state index in [4.69, 9.17) is 17.0 Å². The van der Waals surface area contributed by atoms with Crippen molar-refractivity contribution in [2.45, 2.75) is 18.5 Å². The van der Waals surface area contributed by atoms with Gasteiger partial charge in [-0.25, -0.2) is 0 Å². The van der Waals surface area contributed by atoms with Crippen molar-refractivity contribution < 1.29 is 9.53 Å². The van der Waals surface area contributed by atoms with Gasteiger partial charge >= 0.3 is 5.97 Å². The van der Waals surface area contributed by atoms with Crippen molar-refractivity contribution >= 4 is 39.2 Å². The van der Waals surface area contributed by atoms with Gasteiger partial charge in [-0.1, -0.05) is 22.0 Å². The number of hydrogen-bond donors (Lipinski definition) is 1. The molecule has 0 radical (unpaired) electrons. The Balaban J connectivity index is 1.75. The zero-order valence-electron chi connectivity index (χ0n) is 16.4. The molecule has 8 heteroatoms. The fraction of sp³-hybridized carbons (Fsp3) is 0.227. The number of carbonyl (C=O) groups excluding carboxylic acids is 1. The lowest BCUT2D eigenvalue weighted by Crippen LogP contribution is -2.32. The second kappa shape index (κ2) is 8.97. The van der Waals surface area contributed by atoms with E-state index >= 15 is 0 Å². The van der Waals surface area contributed by atoms with Crippen molar-refractivity contribution in [2.24, 2.45) is 0 Å². The molecule has 1 aliphatic heterocycles. The molecule has 0 unspecified atom stereocenters. The number of ether oxygens (including phenoxy) is 1. The number of nitrogens with zero attached hydrogens (tertiary/aromatic N) is 3. The van der Waals surface area contributed by atoms with Gasteiger partial charge in [0.25, 0.3) is 0 Å². The zero-order valence-corrected chi connectivity index (χ0v) is 18.8. The van der Waals surface area contributed by atoms with Gasteiger partial charge in [0, 0.05) is 34.8 Å². The van der Waals surface area contributed by atoms with Crippen molar-refractivity contribution in [3.05, 3.63) is 82.9 Å². The van der Waals surface area contributed by atoms with Gasteiger partial charge in [0.15, 0.2) is 5.11 Å². The Morgan fingerprint density at radius 2 is 2.00 bits per heavy atom. The van der Waals surface area contributed by atoms with Crippen LogP contribution in [0.15, 0.2) is 71.5 Å². The van der Waals surface area contributed by atoms with Crippen LogP contribution in [0.25, 0.3) is 5.69 Å². The Morgan fingerprint density at radius 1 is 1.20 bits per heavy atom. The minimum Gasteiger partial charge on any atom is -0.469 e. The fourth-order valence-electron chi connectivity index (χ4n) is 3.75. The number of nitrogens with one attached hydrogen (secondary N) is 1. The fourth-order valence-corrected chi connectivity index (χ4v) is 4.35. The molecule has 3 aromatic rings. The molecule has 30 heavy (non-hydrogen) atoms. The average Bonchev–Trinajstić information content (AvgIpc) is 3.37. The number of halogens is 1. The lowest BCUT2D eigenvalue weighted by molar-refractivity contribution is -0.140. The third-order valence-corrected chi connectivity index (χ3v) is 6.05. The maximum absolute atomic E-state index is 11.8. The molecule has 1 saturated heterocycles. The number of methoxy groups -OCH3 is 1. The summed E-state index contributed by atoms with van der Waals surface area (Å²) in [6.07, 6.45) is 4.07. The van der Waals surface area contributed by atoms with Gasteiger partial charge in [-0.2, -0.15) is 0 Å². The van der Waals surface area contributed by atoms with Crippen molar-refractivity contribution in [1.82, 2.24) is 19.8 Å². The van der Waals surface area contributed by atoms with E-state index in [2.05, 4.69) is 53.9 Å². The lowest BCUT2D eigenvalue weighted by atomic mass is 10.0. The van der Waals surface area contributed by atoms with Crippen LogP contribution in [-0.4, -0.2) is 39.2 Å². The smallest absolute Gasteiger partial charge is 0.307 e. The Hall–Kier alpha value is -2.71. The summed E-state index contributed by atoms with van der Waals surface area (Å²) in [4.78, 5) is 18.4. The van der Waals surface area contributed by atoms with Crippen LogP contribution in [0, 0.1) is 0 Å². The van der Waals surface area contributed by atoms with Gasteiger partial charge in [0.2, 0.25) is 0 Å². The van der Waals surface area contributed by atoms with E-state index in [-0.39, 0.29) is 24.5 Å². The van der Waals surface area contributed by atoms with Gasteiger partial charge in [0.1, 0.15) is 0 Å². The van der Waals surface area contributed by atoms with Crippen LogP contribution in [0.3, 0.4) is 0 Å². The van der Waals surface area contributed by atoms with Crippen LogP contribution in [0.5, 0.6) is 0 Å². The minimum atomic E-state index is -0.263. The molecule has 2 atom stereocenters. The highest BCUT2D eigenvalue weighted by Gasteiger charge is 2.41. The highest BCUT2D eigenvalue weighted by molar-refractivity contribution is 9.10. The number of pyridine rings is 1. The predicted octanol–water partition coefficient (Wildman–Crippen LogP) is 4.17. The Labute approximate surface area is 189 Å². The molecule has 2 aromatic heterocycles. The molecule has 1 aliphatic rings. The monoisotopic (exact) mass is 484 g/mol. The summed E-state index contributed by atoms with van der Waals surface area (Å²) in [6.45, 7) is 0.456. The first kappa shape index (κ1) is 20.6.